The molecule has 0 saturated heterocycles. The first-order valence-electron chi connectivity index (χ1n) is 9.04. The summed E-state index contributed by atoms with van der Waals surface area (Å²) in [6.45, 7) is 2.08. The van der Waals surface area contributed by atoms with E-state index < -0.39 is 0 Å². The number of nitrogens with zero attached hydrogens (tertiary/aromatic N) is 5. The van der Waals surface area contributed by atoms with E-state index in [1.807, 2.05) is 19.2 Å². The highest BCUT2D eigenvalue weighted by atomic mass is 16.2. The second kappa shape index (κ2) is 6.43. The summed E-state index contributed by atoms with van der Waals surface area (Å²) in [7, 11) is 1.82. The Morgan fingerprint density at radius 2 is 1.92 bits per heavy atom. The van der Waals surface area contributed by atoms with Gasteiger partial charge in [0.05, 0.1) is 6.20 Å². The Balaban J connectivity index is 1.84. The summed E-state index contributed by atoms with van der Waals surface area (Å²) in [6, 6.07) is 4.08. The highest BCUT2D eigenvalue weighted by Crippen LogP contribution is 2.40. The molecule has 1 fully saturated rings. The molecule has 1 saturated carbocycles. The minimum atomic E-state index is -0.138. The van der Waals surface area contributed by atoms with Gasteiger partial charge in [0.25, 0.3) is 0 Å². The largest absolute Gasteiger partial charge is 0.340 e. The molecule has 3 heterocycles. The number of pyridine rings is 1. The zero-order chi connectivity index (χ0) is 17.4. The van der Waals surface area contributed by atoms with Gasteiger partial charge in [0.1, 0.15) is 11.7 Å². The van der Waals surface area contributed by atoms with Gasteiger partial charge in [-0.2, -0.15) is 0 Å². The average Bonchev–Trinajstić information content (AvgIpc) is 3.19. The summed E-state index contributed by atoms with van der Waals surface area (Å²) in [5, 5.41) is 0. The normalized spacial score (nSPS) is 20.9. The molecule has 130 valence electrons. The zero-order valence-electron chi connectivity index (χ0n) is 14.7. The second-order valence-corrected chi connectivity index (χ2v) is 6.81. The number of amides is 1. The van der Waals surface area contributed by atoms with E-state index in [0.717, 1.165) is 36.3 Å². The van der Waals surface area contributed by atoms with Crippen molar-refractivity contribution in [1.82, 2.24) is 15.0 Å². The first-order chi connectivity index (χ1) is 12.2. The van der Waals surface area contributed by atoms with Crippen molar-refractivity contribution in [2.24, 2.45) is 0 Å². The number of carbonyl (C=O) groups is 1. The number of anilines is 2. The smallest absolute Gasteiger partial charge is 0.249 e. The molecule has 0 unspecified atom stereocenters. The number of hydrogen-bond donors (Lipinski definition) is 0. The Morgan fingerprint density at radius 1 is 1.20 bits per heavy atom. The van der Waals surface area contributed by atoms with E-state index in [1.165, 1.54) is 12.8 Å². The maximum Gasteiger partial charge on any atom is 0.249 e. The van der Waals surface area contributed by atoms with Crippen molar-refractivity contribution in [3.05, 3.63) is 30.7 Å². The second-order valence-electron chi connectivity index (χ2n) is 6.81. The molecule has 6 heteroatoms. The van der Waals surface area contributed by atoms with Crippen molar-refractivity contribution in [3.8, 4) is 11.4 Å². The summed E-state index contributed by atoms with van der Waals surface area (Å²) in [5.41, 5.74) is 1.75. The number of rotatable bonds is 3. The van der Waals surface area contributed by atoms with Crippen LogP contribution in [0.25, 0.3) is 11.4 Å². The van der Waals surface area contributed by atoms with Gasteiger partial charge >= 0.3 is 0 Å². The van der Waals surface area contributed by atoms with Gasteiger partial charge in [-0.25, -0.2) is 9.97 Å². The molecule has 1 amide bonds. The molecule has 6 nitrogen and oxygen atoms in total. The van der Waals surface area contributed by atoms with Gasteiger partial charge in [0, 0.05) is 31.0 Å². The lowest BCUT2D eigenvalue weighted by molar-refractivity contribution is -0.120. The van der Waals surface area contributed by atoms with Gasteiger partial charge in [-0.05, 0) is 31.4 Å². The summed E-state index contributed by atoms with van der Waals surface area (Å²) >= 11 is 0. The van der Waals surface area contributed by atoms with Crippen molar-refractivity contribution < 1.29 is 4.79 Å². The van der Waals surface area contributed by atoms with Gasteiger partial charge in [-0.15, -0.1) is 0 Å². The SMILES string of the molecule is CC[C@@H]1C(=O)N(C)c2cnc(-c3ccncc3)nc2N1C1CCCC1. The third-order valence-electron chi connectivity index (χ3n) is 5.35. The van der Waals surface area contributed by atoms with E-state index in [2.05, 4.69) is 21.8 Å². The van der Waals surface area contributed by atoms with Crippen LogP contribution in [0.4, 0.5) is 11.5 Å². The van der Waals surface area contributed by atoms with Crippen molar-refractivity contribution >= 4 is 17.4 Å². The third kappa shape index (κ3) is 2.65. The van der Waals surface area contributed by atoms with Gasteiger partial charge in [-0.1, -0.05) is 19.8 Å². The van der Waals surface area contributed by atoms with Crippen LogP contribution >= 0.6 is 0 Å². The summed E-state index contributed by atoms with van der Waals surface area (Å²) in [4.78, 5) is 30.3. The summed E-state index contributed by atoms with van der Waals surface area (Å²) < 4.78 is 0. The number of hydrogen-bond acceptors (Lipinski definition) is 5. The summed E-state index contributed by atoms with van der Waals surface area (Å²) in [6.07, 6.45) is 10.8. The standard InChI is InChI=1S/C19H23N5O/c1-3-15-19(25)23(2)16-12-21-17(13-8-10-20-11-9-13)22-18(16)24(15)14-6-4-5-7-14/h8-12,14-15H,3-7H2,1-2H3/t15-/m1/s1. The average molecular weight is 337 g/mol. The topological polar surface area (TPSA) is 62.2 Å². The molecule has 0 aromatic carbocycles. The van der Waals surface area contributed by atoms with E-state index in [-0.39, 0.29) is 11.9 Å². The highest BCUT2D eigenvalue weighted by Gasteiger charge is 2.41. The first-order valence-corrected chi connectivity index (χ1v) is 9.04. The molecule has 0 spiro atoms. The van der Waals surface area contributed by atoms with Crippen LogP contribution in [0.5, 0.6) is 0 Å². The fraction of sp³-hybridized carbons (Fsp3) is 0.474. The lowest BCUT2D eigenvalue weighted by atomic mass is 10.0. The Labute approximate surface area is 147 Å². The van der Waals surface area contributed by atoms with Crippen LogP contribution in [-0.4, -0.2) is 40.0 Å². The van der Waals surface area contributed by atoms with Crippen molar-refractivity contribution in [2.75, 3.05) is 16.8 Å². The Morgan fingerprint density at radius 3 is 2.60 bits per heavy atom. The van der Waals surface area contributed by atoms with Crippen LogP contribution in [0.15, 0.2) is 30.7 Å². The van der Waals surface area contributed by atoms with Gasteiger partial charge in [0.15, 0.2) is 11.6 Å². The Bertz CT molecular complexity index is 773. The quantitative estimate of drug-likeness (QED) is 0.861. The molecule has 1 atom stereocenters. The minimum Gasteiger partial charge on any atom is -0.340 e. The van der Waals surface area contributed by atoms with E-state index in [4.69, 9.17) is 4.98 Å². The van der Waals surface area contributed by atoms with Crippen molar-refractivity contribution in [3.63, 3.8) is 0 Å². The number of fused-ring (bicyclic) bond motifs is 1. The molecule has 0 radical (unpaired) electrons. The molecule has 4 rings (SSSR count). The Hall–Kier alpha value is -2.50. The van der Waals surface area contributed by atoms with E-state index in [0.29, 0.717) is 11.9 Å². The monoisotopic (exact) mass is 337 g/mol. The molecule has 2 aromatic heterocycles. The maximum absolute atomic E-state index is 12.9. The van der Waals surface area contributed by atoms with Crippen molar-refractivity contribution in [1.29, 1.82) is 0 Å². The molecule has 0 bridgehead atoms. The number of likely N-dealkylation sites (N-methyl/N-ethyl adjacent to an activating group) is 1. The lowest BCUT2D eigenvalue weighted by Crippen LogP contribution is -2.55. The van der Waals surface area contributed by atoms with Crippen LogP contribution in [0.1, 0.15) is 39.0 Å². The molecule has 2 aromatic rings. The van der Waals surface area contributed by atoms with Crippen LogP contribution in [0, 0.1) is 0 Å². The van der Waals surface area contributed by atoms with Gasteiger partial charge in [0.2, 0.25) is 5.91 Å². The summed E-state index contributed by atoms with van der Waals surface area (Å²) in [5.74, 6) is 1.71. The van der Waals surface area contributed by atoms with E-state index in [9.17, 15) is 4.79 Å². The fourth-order valence-corrected chi connectivity index (χ4v) is 4.02. The fourth-order valence-electron chi connectivity index (χ4n) is 4.02. The molecule has 2 aliphatic rings. The molecule has 1 aliphatic carbocycles. The minimum absolute atomic E-state index is 0.138. The van der Waals surface area contributed by atoms with Gasteiger partial charge < -0.3 is 9.80 Å². The molecular formula is C19H23N5O. The molecule has 1 aliphatic heterocycles. The number of aromatic nitrogens is 3. The van der Waals surface area contributed by atoms with Crippen LogP contribution in [-0.2, 0) is 4.79 Å². The third-order valence-corrected chi connectivity index (χ3v) is 5.35. The zero-order valence-corrected chi connectivity index (χ0v) is 14.7. The molecule has 25 heavy (non-hydrogen) atoms. The molecular weight excluding hydrogens is 314 g/mol. The van der Waals surface area contributed by atoms with Crippen LogP contribution in [0.3, 0.4) is 0 Å². The van der Waals surface area contributed by atoms with E-state index in [1.54, 1.807) is 23.5 Å². The van der Waals surface area contributed by atoms with Crippen LogP contribution < -0.4 is 9.80 Å². The predicted octanol–water partition coefficient (Wildman–Crippen LogP) is 3.04. The highest BCUT2D eigenvalue weighted by molar-refractivity contribution is 6.04. The first kappa shape index (κ1) is 16.0. The predicted molar refractivity (Wildman–Crippen MR) is 97.5 cm³/mol. The lowest BCUT2D eigenvalue weighted by Gasteiger charge is -2.43. The Kier molecular flexibility index (Phi) is 4.11. The number of carbonyl (C=O) groups excluding carboxylic acids is 1. The van der Waals surface area contributed by atoms with Crippen LogP contribution in [0.2, 0.25) is 0 Å². The van der Waals surface area contributed by atoms with Crippen molar-refractivity contribution in [2.45, 2.75) is 51.1 Å². The maximum atomic E-state index is 12.9. The molecule has 0 N–H and O–H groups in total. The van der Waals surface area contributed by atoms with Gasteiger partial charge in [-0.3, -0.25) is 9.78 Å². The van der Waals surface area contributed by atoms with E-state index >= 15 is 0 Å².